The summed E-state index contributed by atoms with van der Waals surface area (Å²) in [5, 5.41) is 0. The Morgan fingerprint density at radius 3 is 2.88 bits per heavy atom. The highest BCUT2D eigenvalue weighted by molar-refractivity contribution is 9.10. The SMILES string of the molecule is C#CCn1cnc(-c2ccccc2Br)c1N. The molecule has 1 aromatic carbocycles. The average molecular weight is 276 g/mol. The molecule has 0 bridgehead atoms. The average Bonchev–Trinajstić information content (AvgIpc) is 2.62. The van der Waals surface area contributed by atoms with Crippen LogP contribution >= 0.6 is 15.9 Å². The van der Waals surface area contributed by atoms with Crippen LogP contribution in [-0.4, -0.2) is 9.55 Å². The molecule has 1 aromatic heterocycles. The first kappa shape index (κ1) is 10.8. The molecule has 0 aliphatic rings. The Labute approximate surface area is 102 Å². The number of nitrogen functional groups attached to an aromatic ring is 1. The van der Waals surface area contributed by atoms with Crippen molar-refractivity contribution in [2.45, 2.75) is 6.54 Å². The molecule has 2 rings (SSSR count). The minimum atomic E-state index is 0.434. The molecule has 0 spiro atoms. The second-order valence-electron chi connectivity index (χ2n) is 3.29. The number of nitrogens with two attached hydrogens (primary N) is 1. The first-order chi connectivity index (χ1) is 7.74. The molecule has 0 fully saturated rings. The molecule has 16 heavy (non-hydrogen) atoms. The third kappa shape index (κ3) is 1.82. The fourth-order valence-corrected chi connectivity index (χ4v) is 1.95. The Morgan fingerprint density at radius 2 is 2.19 bits per heavy atom. The van der Waals surface area contributed by atoms with E-state index in [1.165, 1.54) is 0 Å². The van der Waals surface area contributed by atoms with Gasteiger partial charge >= 0.3 is 0 Å². The summed E-state index contributed by atoms with van der Waals surface area (Å²) in [6.45, 7) is 0.434. The summed E-state index contributed by atoms with van der Waals surface area (Å²) < 4.78 is 2.71. The van der Waals surface area contributed by atoms with Crippen LogP contribution in [0, 0.1) is 12.3 Å². The predicted octanol–water partition coefficient (Wildman–Crippen LogP) is 2.53. The van der Waals surface area contributed by atoms with Gasteiger partial charge in [-0.3, -0.25) is 0 Å². The summed E-state index contributed by atoms with van der Waals surface area (Å²) in [6.07, 6.45) is 6.90. The third-order valence-electron chi connectivity index (χ3n) is 2.27. The van der Waals surface area contributed by atoms with E-state index in [0.29, 0.717) is 12.4 Å². The number of terminal acetylenes is 1. The number of rotatable bonds is 2. The van der Waals surface area contributed by atoms with E-state index in [2.05, 4.69) is 26.8 Å². The van der Waals surface area contributed by atoms with Crippen molar-refractivity contribution in [3.05, 3.63) is 35.1 Å². The minimum Gasteiger partial charge on any atom is -0.383 e. The smallest absolute Gasteiger partial charge is 0.132 e. The zero-order valence-electron chi connectivity index (χ0n) is 8.52. The Morgan fingerprint density at radius 1 is 1.44 bits per heavy atom. The number of aromatic nitrogens is 2. The molecule has 0 saturated carbocycles. The molecule has 0 amide bonds. The lowest BCUT2D eigenvalue weighted by molar-refractivity contribution is 0.852. The quantitative estimate of drug-likeness (QED) is 0.856. The van der Waals surface area contributed by atoms with Crippen LogP contribution in [0.5, 0.6) is 0 Å². The number of hydrogen-bond acceptors (Lipinski definition) is 2. The van der Waals surface area contributed by atoms with Crippen molar-refractivity contribution in [1.29, 1.82) is 0 Å². The van der Waals surface area contributed by atoms with Crippen molar-refractivity contribution in [2.24, 2.45) is 0 Å². The Balaban J connectivity index is 2.50. The van der Waals surface area contributed by atoms with Crippen molar-refractivity contribution < 1.29 is 0 Å². The van der Waals surface area contributed by atoms with Crippen LogP contribution in [0.2, 0.25) is 0 Å². The van der Waals surface area contributed by atoms with E-state index < -0.39 is 0 Å². The monoisotopic (exact) mass is 275 g/mol. The molecule has 2 N–H and O–H groups in total. The molecular formula is C12H10BrN3. The number of anilines is 1. The van der Waals surface area contributed by atoms with Crippen LogP contribution in [0.1, 0.15) is 0 Å². The standard InChI is InChI=1S/C12H10BrN3/c1-2-7-16-8-15-11(12(16)14)9-5-3-4-6-10(9)13/h1,3-6,8H,7,14H2. The predicted molar refractivity (Wildman–Crippen MR) is 68.6 cm³/mol. The van der Waals surface area contributed by atoms with Crippen molar-refractivity contribution in [1.82, 2.24) is 9.55 Å². The molecule has 0 radical (unpaired) electrons. The molecule has 0 atom stereocenters. The fraction of sp³-hybridized carbons (Fsp3) is 0.0833. The van der Waals surface area contributed by atoms with E-state index in [1.807, 2.05) is 24.3 Å². The van der Waals surface area contributed by atoms with Gasteiger partial charge in [-0.15, -0.1) is 6.42 Å². The van der Waals surface area contributed by atoms with Crippen LogP contribution in [0.15, 0.2) is 35.1 Å². The highest BCUT2D eigenvalue weighted by Crippen LogP contribution is 2.30. The van der Waals surface area contributed by atoms with Crippen LogP contribution in [0.3, 0.4) is 0 Å². The first-order valence-electron chi connectivity index (χ1n) is 4.73. The second kappa shape index (κ2) is 4.42. The number of benzene rings is 1. The van der Waals surface area contributed by atoms with Gasteiger partial charge in [0.2, 0.25) is 0 Å². The second-order valence-corrected chi connectivity index (χ2v) is 4.14. The van der Waals surface area contributed by atoms with Crippen LogP contribution in [-0.2, 0) is 6.54 Å². The number of imidazole rings is 1. The van der Waals surface area contributed by atoms with Crippen LogP contribution < -0.4 is 5.73 Å². The van der Waals surface area contributed by atoms with Gasteiger partial charge in [-0.2, -0.15) is 0 Å². The molecule has 0 aliphatic carbocycles. The van der Waals surface area contributed by atoms with Crippen LogP contribution in [0.25, 0.3) is 11.3 Å². The van der Waals surface area contributed by atoms with Crippen molar-refractivity contribution in [2.75, 3.05) is 5.73 Å². The van der Waals surface area contributed by atoms with E-state index in [1.54, 1.807) is 10.9 Å². The van der Waals surface area contributed by atoms with Crippen molar-refractivity contribution in [3.63, 3.8) is 0 Å². The normalized spacial score (nSPS) is 10.0. The summed E-state index contributed by atoms with van der Waals surface area (Å²) >= 11 is 3.47. The van der Waals surface area contributed by atoms with E-state index in [0.717, 1.165) is 15.7 Å². The van der Waals surface area contributed by atoms with E-state index in [-0.39, 0.29) is 0 Å². The summed E-state index contributed by atoms with van der Waals surface area (Å²) in [6, 6.07) is 7.81. The molecule has 80 valence electrons. The zero-order chi connectivity index (χ0) is 11.5. The van der Waals surface area contributed by atoms with Gasteiger partial charge in [0.05, 0.1) is 12.9 Å². The molecule has 2 aromatic rings. The molecule has 0 unspecified atom stereocenters. The molecule has 0 aliphatic heterocycles. The maximum Gasteiger partial charge on any atom is 0.132 e. The van der Waals surface area contributed by atoms with E-state index in [9.17, 15) is 0 Å². The topological polar surface area (TPSA) is 43.8 Å². The van der Waals surface area contributed by atoms with Gasteiger partial charge in [-0.05, 0) is 6.07 Å². The lowest BCUT2D eigenvalue weighted by Gasteiger charge is -2.03. The lowest BCUT2D eigenvalue weighted by atomic mass is 10.1. The third-order valence-corrected chi connectivity index (χ3v) is 2.96. The lowest BCUT2D eigenvalue weighted by Crippen LogP contribution is -2.00. The van der Waals surface area contributed by atoms with Crippen LogP contribution in [0.4, 0.5) is 5.82 Å². The van der Waals surface area contributed by atoms with Gasteiger partial charge < -0.3 is 10.3 Å². The van der Waals surface area contributed by atoms with E-state index >= 15 is 0 Å². The Hall–Kier alpha value is -1.73. The van der Waals surface area contributed by atoms with Gasteiger partial charge in [0.1, 0.15) is 11.5 Å². The molecule has 1 heterocycles. The summed E-state index contributed by atoms with van der Waals surface area (Å²) in [4.78, 5) is 4.28. The molecule has 3 nitrogen and oxygen atoms in total. The number of halogens is 1. The largest absolute Gasteiger partial charge is 0.383 e. The van der Waals surface area contributed by atoms with Gasteiger partial charge in [0.15, 0.2) is 0 Å². The molecule has 4 heteroatoms. The highest BCUT2D eigenvalue weighted by atomic mass is 79.9. The Bertz CT molecular complexity index is 552. The van der Waals surface area contributed by atoms with Gasteiger partial charge in [0.25, 0.3) is 0 Å². The summed E-state index contributed by atoms with van der Waals surface area (Å²) in [5.74, 6) is 3.12. The zero-order valence-corrected chi connectivity index (χ0v) is 10.1. The first-order valence-corrected chi connectivity index (χ1v) is 5.52. The van der Waals surface area contributed by atoms with Crippen molar-refractivity contribution >= 4 is 21.7 Å². The highest BCUT2D eigenvalue weighted by Gasteiger charge is 2.11. The fourth-order valence-electron chi connectivity index (χ4n) is 1.48. The van der Waals surface area contributed by atoms with Gasteiger partial charge in [-0.1, -0.05) is 40.0 Å². The molecule has 0 saturated heterocycles. The minimum absolute atomic E-state index is 0.434. The maximum atomic E-state index is 5.97. The number of nitrogens with zero attached hydrogens (tertiary/aromatic N) is 2. The Kier molecular flexibility index (Phi) is 2.97. The summed E-state index contributed by atoms with van der Waals surface area (Å²) in [7, 11) is 0. The number of hydrogen-bond donors (Lipinski definition) is 1. The van der Waals surface area contributed by atoms with Gasteiger partial charge in [0, 0.05) is 10.0 Å². The maximum absolute atomic E-state index is 5.97. The van der Waals surface area contributed by atoms with E-state index in [4.69, 9.17) is 12.2 Å². The summed E-state index contributed by atoms with van der Waals surface area (Å²) in [5.41, 5.74) is 7.70. The molecular weight excluding hydrogens is 266 g/mol. The van der Waals surface area contributed by atoms with Crippen molar-refractivity contribution in [3.8, 4) is 23.6 Å². The van der Waals surface area contributed by atoms with Gasteiger partial charge in [-0.25, -0.2) is 4.98 Å².